The molecule has 0 atom stereocenters. The molecule has 0 amide bonds. The van der Waals surface area contributed by atoms with Gasteiger partial charge < -0.3 is 4.74 Å². The zero-order valence-corrected chi connectivity index (χ0v) is 27.5. The molecule has 9 aromatic rings. The lowest BCUT2D eigenvalue weighted by atomic mass is 9.90. The van der Waals surface area contributed by atoms with Crippen LogP contribution in [-0.4, -0.2) is 15.0 Å². The molecule has 2 heterocycles. The summed E-state index contributed by atoms with van der Waals surface area (Å²) in [5, 5.41) is 4.37. The standard InChI is InChI=1S/C47H29N3O/c1-4-11-30(12-5-1)34-21-19-32-20-22-36(28-37(32)27-34)46-48-45(33-15-8-3-9-16-33)49-47(50-46)40-24-26-43-44-38(40)17-10-18-39(44)41-29-35(23-25-42(41)51-43)31-13-6-2-7-14-31/h1-29H. The second-order valence-electron chi connectivity index (χ2n) is 12.8. The van der Waals surface area contributed by atoms with Crippen LogP contribution in [0, 0.1) is 0 Å². The fourth-order valence-corrected chi connectivity index (χ4v) is 7.17. The first kappa shape index (κ1) is 29.0. The van der Waals surface area contributed by atoms with Gasteiger partial charge in [-0.1, -0.05) is 140 Å². The molecule has 238 valence electrons. The summed E-state index contributed by atoms with van der Waals surface area (Å²) in [5.41, 5.74) is 9.66. The number of fused-ring (bicyclic) bond motifs is 3. The van der Waals surface area contributed by atoms with E-state index in [1.54, 1.807) is 0 Å². The predicted octanol–water partition coefficient (Wildman–Crippen LogP) is 12.3. The molecule has 0 bridgehead atoms. The topological polar surface area (TPSA) is 47.9 Å². The summed E-state index contributed by atoms with van der Waals surface area (Å²) >= 11 is 0. The molecule has 0 unspecified atom stereocenters. The first-order chi connectivity index (χ1) is 25.2. The average Bonchev–Trinajstić information content (AvgIpc) is 3.21. The van der Waals surface area contributed by atoms with E-state index < -0.39 is 0 Å². The normalized spacial score (nSPS) is 11.7. The molecule has 8 aromatic carbocycles. The Labute approximate surface area is 295 Å². The number of ether oxygens (including phenoxy) is 1. The van der Waals surface area contributed by atoms with Crippen molar-refractivity contribution >= 4 is 21.5 Å². The number of benzene rings is 8. The molecule has 4 heteroatoms. The van der Waals surface area contributed by atoms with Crippen molar-refractivity contribution in [2.45, 2.75) is 0 Å². The number of aromatic nitrogens is 3. The van der Waals surface area contributed by atoms with Crippen molar-refractivity contribution in [1.29, 1.82) is 0 Å². The van der Waals surface area contributed by atoms with Crippen LogP contribution in [0.1, 0.15) is 0 Å². The molecule has 0 saturated heterocycles. The molecule has 0 fully saturated rings. The average molecular weight is 652 g/mol. The van der Waals surface area contributed by atoms with Crippen molar-refractivity contribution in [1.82, 2.24) is 15.0 Å². The van der Waals surface area contributed by atoms with Crippen LogP contribution in [0.4, 0.5) is 0 Å². The first-order valence-electron chi connectivity index (χ1n) is 17.1. The van der Waals surface area contributed by atoms with Crippen molar-refractivity contribution in [2.24, 2.45) is 0 Å². The Hall–Kier alpha value is -6.91. The number of nitrogens with zero attached hydrogens (tertiary/aromatic N) is 3. The maximum atomic E-state index is 6.55. The van der Waals surface area contributed by atoms with Gasteiger partial charge in [0.25, 0.3) is 0 Å². The molecule has 10 rings (SSSR count). The van der Waals surface area contributed by atoms with Gasteiger partial charge in [-0.05, 0) is 80.4 Å². The van der Waals surface area contributed by atoms with E-state index in [1.165, 1.54) is 16.7 Å². The van der Waals surface area contributed by atoms with E-state index in [1.807, 2.05) is 48.5 Å². The van der Waals surface area contributed by atoms with Gasteiger partial charge in [-0.15, -0.1) is 0 Å². The first-order valence-corrected chi connectivity index (χ1v) is 17.1. The fraction of sp³-hybridized carbons (Fsp3) is 0. The minimum atomic E-state index is 0.615. The van der Waals surface area contributed by atoms with Crippen LogP contribution >= 0.6 is 0 Å². The molecular formula is C47H29N3O. The Morgan fingerprint density at radius 1 is 0.314 bits per heavy atom. The molecule has 1 aromatic heterocycles. The van der Waals surface area contributed by atoms with Gasteiger partial charge in [0.2, 0.25) is 0 Å². The van der Waals surface area contributed by atoms with E-state index in [-0.39, 0.29) is 0 Å². The summed E-state index contributed by atoms with van der Waals surface area (Å²) < 4.78 is 6.55. The van der Waals surface area contributed by atoms with E-state index in [2.05, 4.69) is 127 Å². The maximum absolute atomic E-state index is 6.55. The summed E-state index contributed by atoms with van der Waals surface area (Å²) in [4.78, 5) is 15.3. The zero-order valence-electron chi connectivity index (χ0n) is 27.5. The Balaban J connectivity index is 1.14. The third-order valence-electron chi connectivity index (χ3n) is 9.71. The van der Waals surface area contributed by atoms with Crippen LogP contribution in [0.5, 0.6) is 11.5 Å². The largest absolute Gasteiger partial charge is 0.456 e. The summed E-state index contributed by atoms with van der Waals surface area (Å²) in [6, 6.07) is 61.0. The third kappa shape index (κ3) is 5.13. The van der Waals surface area contributed by atoms with E-state index in [0.29, 0.717) is 17.5 Å². The van der Waals surface area contributed by atoms with E-state index in [4.69, 9.17) is 19.7 Å². The highest BCUT2D eigenvalue weighted by atomic mass is 16.5. The highest BCUT2D eigenvalue weighted by Crippen LogP contribution is 2.49. The second kappa shape index (κ2) is 11.9. The molecule has 0 saturated carbocycles. The van der Waals surface area contributed by atoms with Gasteiger partial charge in [-0.2, -0.15) is 0 Å². The molecule has 1 aliphatic rings. The Kier molecular flexibility index (Phi) is 6.78. The van der Waals surface area contributed by atoms with Crippen molar-refractivity contribution in [3.05, 3.63) is 176 Å². The highest BCUT2D eigenvalue weighted by molar-refractivity contribution is 6.09. The summed E-state index contributed by atoms with van der Waals surface area (Å²) in [6.07, 6.45) is 0. The second-order valence-corrected chi connectivity index (χ2v) is 12.8. The molecule has 0 N–H and O–H groups in total. The van der Waals surface area contributed by atoms with E-state index in [9.17, 15) is 0 Å². The van der Waals surface area contributed by atoms with Crippen molar-refractivity contribution in [3.8, 4) is 79.0 Å². The van der Waals surface area contributed by atoms with Crippen LogP contribution in [0.3, 0.4) is 0 Å². The van der Waals surface area contributed by atoms with Crippen molar-refractivity contribution in [2.75, 3.05) is 0 Å². The van der Waals surface area contributed by atoms with E-state index in [0.717, 1.165) is 66.4 Å². The number of hydrogen-bond acceptors (Lipinski definition) is 4. The van der Waals surface area contributed by atoms with Gasteiger partial charge in [0.05, 0.1) is 0 Å². The zero-order chi connectivity index (χ0) is 33.7. The molecule has 0 radical (unpaired) electrons. The lowest BCUT2D eigenvalue weighted by Crippen LogP contribution is -2.02. The molecule has 0 aliphatic carbocycles. The number of hydrogen-bond donors (Lipinski definition) is 0. The van der Waals surface area contributed by atoms with Gasteiger partial charge in [0.1, 0.15) is 11.5 Å². The van der Waals surface area contributed by atoms with Gasteiger partial charge in [0, 0.05) is 27.6 Å². The van der Waals surface area contributed by atoms with Crippen molar-refractivity contribution < 1.29 is 4.74 Å². The van der Waals surface area contributed by atoms with Crippen LogP contribution in [0.25, 0.3) is 89.1 Å². The molecule has 51 heavy (non-hydrogen) atoms. The Morgan fingerprint density at radius 2 is 0.882 bits per heavy atom. The van der Waals surface area contributed by atoms with Gasteiger partial charge in [-0.25, -0.2) is 15.0 Å². The molecule has 4 nitrogen and oxygen atoms in total. The quantitative estimate of drug-likeness (QED) is 0.186. The Morgan fingerprint density at radius 3 is 1.61 bits per heavy atom. The summed E-state index contributed by atoms with van der Waals surface area (Å²) in [5.74, 6) is 3.54. The minimum absolute atomic E-state index is 0.615. The van der Waals surface area contributed by atoms with Crippen LogP contribution in [0.2, 0.25) is 0 Å². The van der Waals surface area contributed by atoms with Gasteiger partial charge in [0.15, 0.2) is 17.5 Å². The van der Waals surface area contributed by atoms with Gasteiger partial charge >= 0.3 is 0 Å². The van der Waals surface area contributed by atoms with Crippen LogP contribution in [0.15, 0.2) is 176 Å². The van der Waals surface area contributed by atoms with E-state index >= 15 is 0 Å². The summed E-state index contributed by atoms with van der Waals surface area (Å²) in [6.45, 7) is 0. The highest BCUT2D eigenvalue weighted by Gasteiger charge is 2.23. The van der Waals surface area contributed by atoms with Gasteiger partial charge in [-0.3, -0.25) is 0 Å². The maximum Gasteiger partial charge on any atom is 0.164 e. The molecular weight excluding hydrogens is 623 g/mol. The van der Waals surface area contributed by atoms with Crippen LogP contribution < -0.4 is 4.74 Å². The smallest absolute Gasteiger partial charge is 0.164 e. The lowest BCUT2D eigenvalue weighted by molar-refractivity contribution is 0.487. The lowest BCUT2D eigenvalue weighted by Gasteiger charge is -2.23. The fourth-order valence-electron chi connectivity index (χ4n) is 7.17. The van der Waals surface area contributed by atoms with Crippen LogP contribution in [-0.2, 0) is 0 Å². The number of rotatable bonds is 5. The Bertz CT molecular complexity index is 2760. The molecule has 0 spiro atoms. The monoisotopic (exact) mass is 651 g/mol. The SMILES string of the molecule is c1ccc(-c2ccc3c(c2)-c2cccc4c(-c5nc(-c6ccccc6)nc(-c6ccc7ccc(-c8ccccc8)cc7c6)n5)ccc(c24)O3)cc1. The summed E-state index contributed by atoms with van der Waals surface area (Å²) in [7, 11) is 0. The predicted molar refractivity (Wildman–Crippen MR) is 208 cm³/mol. The van der Waals surface area contributed by atoms with Crippen molar-refractivity contribution in [3.63, 3.8) is 0 Å². The molecule has 1 aliphatic heterocycles. The third-order valence-corrected chi connectivity index (χ3v) is 9.71. The minimum Gasteiger partial charge on any atom is -0.456 e.